The van der Waals surface area contributed by atoms with E-state index in [4.69, 9.17) is 0 Å². The minimum Gasteiger partial charge on any atom is -0.298 e. The Morgan fingerprint density at radius 2 is 2.20 bits per heavy atom. The summed E-state index contributed by atoms with van der Waals surface area (Å²) < 4.78 is 0. The summed E-state index contributed by atoms with van der Waals surface area (Å²) in [5.74, 6) is 1.01. The SMILES string of the molecule is CC(=O)[C@@H]1C[C@@H](C)CN1C. The number of Topliss-reactive ketones (excluding diaryl/α,β-unsaturated/α-hetero) is 1. The molecule has 0 aromatic rings. The molecule has 2 nitrogen and oxygen atoms in total. The Morgan fingerprint density at radius 1 is 1.60 bits per heavy atom. The highest BCUT2D eigenvalue weighted by atomic mass is 16.1. The first kappa shape index (κ1) is 7.73. The molecular weight excluding hydrogens is 126 g/mol. The zero-order chi connectivity index (χ0) is 7.72. The molecular formula is C8H15NO. The van der Waals surface area contributed by atoms with Gasteiger partial charge < -0.3 is 0 Å². The van der Waals surface area contributed by atoms with Crippen molar-refractivity contribution in [3.8, 4) is 0 Å². The van der Waals surface area contributed by atoms with Gasteiger partial charge in [0.2, 0.25) is 0 Å². The van der Waals surface area contributed by atoms with E-state index in [9.17, 15) is 4.79 Å². The van der Waals surface area contributed by atoms with E-state index in [-0.39, 0.29) is 6.04 Å². The first-order valence-corrected chi connectivity index (χ1v) is 3.82. The maximum atomic E-state index is 11.0. The smallest absolute Gasteiger partial charge is 0.146 e. The Labute approximate surface area is 62.2 Å². The van der Waals surface area contributed by atoms with Gasteiger partial charge in [-0.25, -0.2) is 0 Å². The second-order valence-corrected chi connectivity index (χ2v) is 3.41. The van der Waals surface area contributed by atoms with Crippen LogP contribution in [0.2, 0.25) is 0 Å². The van der Waals surface area contributed by atoms with Crippen LogP contribution in [0.4, 0.5) is 0 Å². The number of likely N-dealkylation sites (N-methyl/N-ethyl adjacent to an activating group) is 1. The lowest BCUT2D eigenvalue weighted by Gasteiger charge is -2.14. The number of carbonyl (C=O) groups excluding carboxylic acids is 1. The summed E-state index contributed by atoms with van der Waals surface area (Å²) in [5, 5.41) is 0. The van der Waals surface area contributed by atoms with E-state index in [1.54, 1.807) is 6.92 Å². The first-order chi connectivity index (χ1) is 4.61. The fraction of sp³-hybridized carbons (Fsp3) is 0.875. The molecule has 10 heavy (non-hydrogen) atoms. The van der Waals surface area contributed by atoms with Crippen LogP contribution >= 0.6 is 0 Å². The van der Waals surface area contributed by atoms with E-state index in [2.05, 4.69) is 11.8 Å². The molecule has 1 fully saturated rings. The average Bonchev–Trinajstić information content (AvgIpc) is 2.10. The van der Waals surface area contributed by atoms with Crippen molar-refractivity contribution in [2.24, 2.45) is 5.92 Å². The third-order valence-corrected chi connectivity index (χ3v) is 2.23. The van der Waals surface area contributed by atoms with Crippen molar-refractivity contribution in [1.82, 2.24) is 4.90 Å². The van der Waals surface area contributed by atoms with Gasteiger partial charge in [-0.05, 0) is 26.3 Å². The second-order valence-electron chi connectivity index (χ2n) is 3.41. The number of ketones is 1. The maximum Gasteiger partial charge on any atom is 0.146 e. The minimum absolute atomic E-state index is 0.204. The molecule has 0 radical (unpaired) electrons. The predicted octanol–water partition coefficient (Wildman–Crippen LogP) is 0.916. The van der Waals surface area contributed by atoms with Crippen molar-refractivity contribution < 1.29 is 4.79 Å². The Kier molecular flexibility index (Phi) is 2.09. The molecule has 1 aliphatic heterocycles. The van der Waals surface area contributed by atoms with Crippen LogP contribution in [-0.4, -0.2) is 30.3 Å². The molecule has 1 heterocycles. The molecule has 1 saturated heterocycles. The third-order valence-electron chi connectivity index (χ3n) is 2.23. The number of likely N-dealkylation sites (tertiary alicyclic amines) is 1. The van der Waals surface area contributed by atoms with E-state index in [1.807, 2.05) is 7.05 Å². The van der Waals surface area contributed by atoms with E-state index >= 15 is 0 Å². The van der Waals surface area contributed by atoms with Crippen LogP contribution in [-0.2, 0) is 4.79 Å². The molecule has 0 unspecified atom stereocenters. The number of hydrogen-bond donors (Lipinski definition) is 0. The summed E-state index contributed by atoms with van der Waals surface area (Å²) >= 11 is 0. The van der Waals surface area contributed by atoms with Crippen LogP contribution in [0, 0.1) is 5.92 Å². The van der Waals surface area contributed by atoms with Gasteiger partial charge in [0, 0.05) is 6.54 Å². The lowest BCUT2D eigenvalue weighted by Crippen LogP contribution is -2.30. The zero-order valence-electron chi connectivity index (χ0n) is 6.92. The van der Waals surface area contributed by atoms with Gasteiger partial charge >= 0.3 is 0 Å². The monoisotopic (exact) mass is 141 g/mol. The average molecular weight is 141 g/mol. The largest absolute Gasteiger partial charge is 0.298 e. The van der Waals surface area contributed by atoms with E-state index in [0.717, 1.165) is 13.0 Å². The third kappa shape index (κ3) is 1.37. The molecule has 0 spiro atoms. The van der Waals surface area contributed by atoms with Crippen LogP contribution in [0.1, 0.15) is 20.3 Å². The van der Waals surface area contributed by atoms with Crippen molar-refractivity contribution >= 4 is 5.78 Å². The Hall–Kier alpha value is -0.370. The Balaban J connectivity index is 2.54. The molecule has 0 saturated carbocycles. The standard InChI is InChI=1S/C8H15NO/c1-6-4-8(7(2)10)9(3)5-6/h6,8H,4-5H2,1-3H3/t6-,8+/m1/s1. The van der Waals surface area contributed by atoms with Crippen LogP contribution in [0.5, 0.6) is 0 Å². The van der Waals surface area contributed by atoms with E-state index in [0.29, 0.717) is 11.7 Å². The highest BCUT2D eigenvalue weighted by Gasteiger charge is 2.29. The highest BCUT2D eigenvalue weighted by Crippen LogP contribution is 2.20. The molecule has 2 atom stereocenters. The molecule has 0 aromatic heterocycles. The molecule has 0 aromatic carbocycles. The normalized spacial score (nSPS) is 34.7. The molecule has 0 N–H and O–H groups in total. The topological polar surface area (TPSA) is 20.3 Å². The zero-order valence-corrected chi connectivity index (χ0v) is 6.92. The fourth-order valence-electron chi connectivity index (χ4n) is 1.73. The molecule has 0 bridgehead atoms. The quantitative estimate of drug-likeness (QED) is 0.541. The minimum atomic E-state index is 0.204. The molecule has 0 amide bonds. The summed E-state index contributed by atoms with van der Waals surface area (Å²) in [7, 11) is 2.02. The van der Waals surface area contributed by atoms with Crippen molar-refractivity contribution in [2.45, 2.75) is 26.3 Å². The molecule has 1 aliphatic rings. The van der Waals surface area contributed by atoms with Gasteiger partial charge in [-0.15, -0.1) is 0 Å². The number of hydrogen-bond acceptors (Lipinski definition) is 2. The Morgan fingerprint density at radius 3 is 2.40 bits per heavy atom. The van der Waals surface area contributed by atoms with Gasteiger partial charge in [-0.3, -0.25) is 9.69 Å². The molecule has 0 aliphatic carbocycles. The van der Waals surface area contributed by atoms with Gasteiger partial charge in [0.25, 0.3) is 0 Å². The fourth-order valence-corrected chi connectivity index (χ4v) is 1.73. The highest BCUT2D eigenvalue weighted by molar-refractivity contribution is 5.81. The Bertz CT molecular complexity index is 144. The summed E-state index contributed by atoms with van der Waals surface area (Å²) in [6.07, 6.45) is 1.05. The summed E-state index contributed by atoms with van der Waals surface area (Å²) in [6, 6.07) is 0.204. The summed E-state index contributed by atoms with van der Waals surface area (Å²) in [5.41, 5.74) is 0. The van der Waals surface area contributed by atoms with Gasteiger partial charge in [0.1, 0.15) is 5.78 Å². The van der Waals surface area contributed by atoms with Gasteiger partial charge in [0.15, 0.2) is 0 Å². The summed E-state index contributed by atoms with van der Waals surface area (Å²) in [6.45, 7) is 4.95. The summed E-state index contributed by atoms with van der Waals surface area (Å²) in [4.78, 5) is 13.1. The number of nitrogens with zero attached hydrogens (tertiary/aromatic N) is 1. The van der Waals surface area contributed by atoms with Gasteiger partial charge in [0.05, 0.1) is 6.04 Å². The lowest BCUT2D eigenvalue weighted by molar-refractivity contribution is -0.120. The van der Waals surface area contributed by atoms with Crippen LogP contribution in [0.3, 0.4) is 0 Å². The van der Waals surface area contributed by atoms with E-state index < -0.39 is 0 Å². The maximum absolute atomic E-state index is 11.0. The van der Waals surface area contributed by atoms with Crippen molar-refractivity contribution in [2.75, 3.05) is 13.6 Å². The predicted molar refractivity (Wildman–Crippen MR) is 40.9 cm³/mol. The van der Waals surface area contributed by atoms with Crippen molar-refractivity contribution in [3.05, 3.63) is 0 Å². The first-order valence-electron chi connectivity index (χ1n) is 3.82. The lowest BCUT2D eigenvalue weighted by atomic mass is 10.1. The van der Waals surface area contributed by atoms with Crippen molar-refractivity contribution in [1.29, 1.82) is 0 Å². The van der Waals surface area contributed by atoms with Crippen LogP contribution in [0.15, 0.2) is 0 Å². The molecule has 1 rings (SSSR count). The van der Waals surface area contributed by atoms with Gasteiger partial charge in [-0.2, -0.15) is 0 Å². The van der Waals surface area contributed by atoms with Crippen LogP contribution < -0.4 is 0 Å². The van der Waals surface area contributed by atoms with Crippen LogP contribution in [0.25, 0.3) is 0 Å². The molecule has 58 valence electrons. The van der Waals surface area contributed by atoms with E-state index in [1.165, 1.54) is 0 Å². The van der Waals surface area contributed by atoms with Gasteiger partial charge in [-0.1, -0.05) is 6.92 Å². The number of carbonyl (C=O) groups is 1. The second kappa shape index (κ2) is 2.70. The molecule has 2 heteroatoms. The van der Waals surface area contributed by atoms with Crippen molar-refractivity contribution in [3.63, 3.8) is 0 Å². The number of rotatable bonds is 1.